The number of rotatable bonds is 4. The number of aromatic nitrogens is 1. The highest BCUT2D eigenvalue weighted by molar-refractivity contribution is 7.86. The maximum Gasteiger partial charge on any atom is 0.264 e. The van der Waals surface area contributed by atoms with Crippen LogP contribution in [0.4, 0.5) is 0 Å². The summed E-state index contributed by atoms with van der Waals surface area (Å²) >= 11 is 6.13. The van der Waals surface area contributed by atoms with E-state index in [0.29, 0.717) is 21.9 Å². The highest BCUT2D eigenvalue weighted by Crippen LogP contribution is 2.44. The van der Waals surface area contributed by atoms with Crippen LogP contribution in [-0.4, -0.2) is 36.1 Å². The summed E-state index contributed by atoms with van der Waals surface area (Å²) in [7, 11) is -3.84. The summed E-state index contributed by atoms with van der Waals surface area (Å²) < 4.78 is 36.5. The molecular weight excluding hydrogens is 394 g/mol. The molecule has 0 fully saturated rings. The molecule has 27 heavy (non-hydrogen) atoms. The first kappa shape index (κ1) is 19.9. The summed E-state index contributed by atoms with van der Waals surface area (Å²) in [6.07, 6.45) is 1.44. The van der Waals surface area contributed by atoms with Crippen LogP contribution in [0.1, 0.15) is 31.0 Å². The standard InChI is InChI=1S/C18H20ClNO6S/c1-18(2)17(26-27(3,23)24)16(13-9-12(19)4-5-14(13)25-18)20-7-6-11(10-21)8-15(20)22/h4-9,16-17,21H,10H2,1-3H3/t16-,17+/m1/s1. The lowest BCUT2D eigenvalue weighted by Crippen LogP contribution is -2.54. The van der Waals surface area contributed by atoms with Crippen molar-refractivity contribution in [2.75, 3.05) is 6.26 Å². The molecule has 0 saturated heterocycles. The smallest absolute Gasteiger partial charge is 0.264 e. The van der Waals surface area contributed by atoms with Gasteiger partial charge in [0, 0.05) is 22.8 Å². The number of ether oxygens (including phenoxy) is 1. The second-order valence-electron chi connectivity index (χ2n) is 6.99. The molecule has 1 aromatic heterocycles. The van der Waals surface area contributed by atoms with E-state index in [9.17, 15) is 18.3 Å². The molecule has 1 aromatic carbocycles. The van der Waals surface area contributed by atoms with E-state index in [0.717, 1.165) is 6.26 Å². The maximum absolute atomic E-state index is 12.7. The van der Waals surface area contributed by atoms with Gasteiger partial charge in [0.2, 0.25) is 0 Å². The van der Waals surface area contributed by atoms with Gasteiger partial charge in [-0.3, -0.25) is 8.98 Å². The Balaban J connectivity index is 2.27. The van der Waals surface area contributed by atoms with Gasteiger partial charge in [0.15, 0.2) is 0 Å². The normalized spacial score (nSPS) is 21.4. The first-order valence-electron chi connectivity index (χ1n) is 8.20. The molecule has 0 spiro atoms. The molecule has 9 heteroatoms. The van der Waals surface area contributed by atoms with Crippen molar-refractivity contribution in [3.8, 4) is 5.75 Å². The number of hydrogen-bond donors (Lipinski definition) is 1. The van der Waals surface area contributed by atoms with Gasteiger partial charge in [0.05, 0.1) is 18.9 Å². The molecular formula is C18H20ClNO6S. The Morgan fingerprint density at radius 3 is 2.59 bits per heavy atom. The lowest BCUT2D eigenvalue weighted by molar-refractivity contribution is -0.0463. The van der Waals surface area contributed by atoms with Crippen molar-refractivity contribution < 1.29 is 22.4 Å². The molecule has 2 aromatic rings. The second kappa shape index (κ2) is 6.94. The van der Waals surface area contributed by atoms with E-state index in [1.54, 1.807) is 38.1 Å². The number of aliphatic hydroxyl groups is 1. The van der Waals surface area contributed by atoms with Crippen LogP contribution in [0.3, 0.4) is 0 Å². The first-order chi connectivity index (χ1) is 12.5. The van der Waals surface area contributed by atoms with Crippen molar-refractivity contribution in [2.45, 2.75) is 38.2 Å². The van der Waals surface area contributed by atoms with Gasteiger partial charge >= 0.3 is 0 Å². The van der Waals surface area contributed by atoms with E-state index in [2.05, 4.69) is 0 Å². The van der Waals surface area contributed by atoms with Crippen molar-refractivity contribution in [3.05, 3.63) is 63.0 Å². The number of pyridine rings is 1. The number of halogens is 1. The Morgan fingerprint density at radius 2 is 2.00 bits per heavy atom. The molecule has 0 bridgehead atoms. The Bertz CT molecular complexity index is 1030. The summed E-state index contributed by atoms with van der Waals surface area (Å²) in [6.45, 7) is 3.11. The lowest BCUT2D eigenvalue weighted by Gasteiger charge is -2.44. The third kappa shape index (κ3) is 4.03. The van der Waals surface area contributed by atoms with Crippen LogP contribution in [0.15, 0.2) is 41.3 Å². The van der Waals surface area contributed by atoms with Crippen molar-refractivity contribution in [1.82, 2.24) is 4.57 Å². The van der Waals surface area contributed by atoms with Gasteiger partial charge in [-0.15, -0.1) is 0 Å². The topological polar surface area (TPSA) is 94.8 Å². The Labute approximate surface area is 162 Å². The molecule has 2 atom stereocenters. The minimum absolute atomic E-state index is 0.277. The van der Waals surface area contributed by atoms with Crippen LogP contribution < -0.4 is 10.3 Å². The van der Waals surface area contributed by atoms with Gasteiger partial charge in [-0.05, 0) is 43.7 Å². The third-order valence-corrected chi connectivity index (χ3v) is 5.20. The zero-order chi connectivity index (χ0) is 20.0. The first-order valence-corrected chi connectivity index (χ1v) is 10.4. The number of benzene rings is 1. The molecule has 0 radical (unpaired) electrons. The monoisotopic (exact) mass is 413 g/mol. The van der Waals surface area contributed by atoms with Crippen LogP contribution in [0.5, 0.6) is 5.75 Å². The van der Waals surface area contributed by atoms with Crippen LogP contribution in [0.2, 0.25) is 5.02 Å². The molecule has 0 saturated carbocycles. The predicted molar refractivity (Wildman–Crippen MR) is 101 cm³/mol. The van der Waals surface area contributed by atoms with E-state index in [-0.39, 0.29) is 6.61 Å². The Morgan fingerprint density at radius 1 is 1.30 bits per heavy atom. The zero-order valence-corrected chi connectivity index (χ0v) is 16.6. The fraction of sp³-hybridized carbons (Fsp3) is 0.389. The average Bonchev–Trinajstić information content (AvgIpc) is 2.55. The number of hydrogen-bond acceptors (Lipinski definition) is 6. The van der Waals surface area contributed by atoms with Gasteiger partial charge in [-0.1, -0.05) is 11.6 Å². The Hall–Kier alpha value is -1.87. The summed E-state index contributed by atoms with van der Waals surface area (Å²) in [5, 5.41) is 9.67. The van der Waals surface area contributed by atoms with E-state index < -0.39 is 33.4 Å². The van der Waals surface area contributed by atoms with E-state index in [1.165, 1.54) is 16.8 Å². The largest absolute Gasteiger partial charge is 0.485 e. The summed E-state index contributed by atoms with van der Waals surface area (Å²) in [6, 6.07) is 7.05. The molecule has 1 N–H and O–H groups in total. The minimum Gasteiger partial charge on any atom is -0.485 e. The fourth-order valence-electron chi connectivity index (χ4n) is 3.24. The Kier molecular flexibility index (Phi) is 5.11. The lowest BCUT2D eigenvalue weighted by atomic mass is 9.86. The molecule has 0 unspecified atom stereocenters. The number of fused-ring (bicyclic) bond motifs is 1. The maximum atomic E-state index is 12.7. The summed E-state index contributed by atoms with van der Waals surface area (Å²) in [4.78, 5) is 12.7. The molecule has 0 amide bonds. The van der Waals surface area contributed by atoms with Crippen LogP contribution in [0.25, 0.3) is 0 Å². The SMILES string of the molecule is CC1(C)Oc2ccc(Cl)cc2[C@@H](n2ccc(CO)cc2=O)[C@@H]1OS(C)(=O)=O. The fourth-order valence-corrected chi connectivity index (χ4v) is 4.13. The van der Waals surface area contributed by atoms with Crippen LogP contribution >= 0.6 is 11.6 Å². The van der Waals surface area contributed by atoms with Gasteiger partial charge in [0.25, 0.3) is 15.7 Å². The van der Waals surface area contributed by atoms with Crippen molar-refractivity contribution in [3.63, 3.8) is 0 Å². The minimum atomic E-state index is -3.84. The molecule has 2 heterocycles. The number of nitrogens with zero attached hydrogens (tertiary/aromatic N) is 1. The van der Waals surface area contributed by atoms with Gasteiger partial charge < -0.3 is 14.4 Å². The quantitative estimate of drug-likeness (QED) is 0.771. The van der Waals surface area contributed by atoms with Crippen molar-refractivity contribution in [2.24, 2.45) is 0 Å². The van der Waals surface area contributed by atoms with Gasteiger partial charge in [-0.25, -0.2) is 0 Å². The van der Waals surface area contributed by atoms with E-state index in [4.69, 9.17) is 20.5 Å². The molecule has 146 valence electrons. The second-order valence-corrected chi connectivity index (χ2v) is 9.03. The zero-order valence-electron chi connectivity index (χ0n) is 15.0. The molecule has 1 aliphatic heterocycles. The molecule has 1 aliphatic rings. The molecule has 7 nitrogen and oxygen atoms in total. The highest BCUT2D eigenvalue weighted by atomic mass is 35.5. The predicted octanol–water partition coefficient (Wildman–Crippen LogP) is 2.10. The van der Waals surface area contributed by atoms with Crippen molar-refractivity contribution in [1.29, 1.82) is 0 Å². The highest BCUT2D eigenvalue weighted by Gasteiger charge is 2.48. The van der Waals surface area contributed by atoms with Gasteiger partial charge in [0.1, 0.15) is 17.5 Å². The number of aliphatic hydroxyl groups excluding tert-OH is 1. The molecule has 3 rings (SSSR count). The molecule has 0 aliphatic carbocycles. The van der Waals surface area contributed by atoms with Crippen LogP contribution in [-0.2, 0) is 20.9 Å². The average molecular weight is 414 g/mol. The van der Waals surface area contributed by atoms with E-state index in [1.807, 2.05) is 0 Å². The van der Waals surface area contributed by atoms with E-state index >= 15 is 0 Å². The van der Waals surface area contributed by atoms with Crippen molar-refractivity contribution >= 4 is 21.7 Å². The van der Waals surface area contributed by atoms with Gasteiger partial charge in [-0.2, -0.15) is 8.42 Å². The third-order valence-electron chi connectivity index (χ3n) is 4.41. The summed E-state index contributed by atoms with van der Waals surface area (Å²) in [5.41, 5.74) is -0.468. The van der Waals surface area contributed by atoms with Crippen LogP contribution in [0, 0.1) is 0 Å². The summed E-state index contributed by atoms with van der Waals surface area (Å²) in [5.74, 6) is 0.487.